The molecule has 15 heteroatoms. The van der Waals surface area contributed by atoms with Crippen LogP contribution in [0, 0.1) is 17.8 Å². The second kappa shape index (κ2) is 17.0. The number of imidazole rings is 1. The van der Waals surface area contributed by atoms with Gasteiger partial charge in [0.1, 0.15) is 22.9 Å². The summed E-state index contributed by atoms with van der Waals surface area (Å²) in [5.41, 5.74) is 10.2. The van der Waals surface area contributed by atoms with E-state index >= 15 is 0 Å². The van der Waals surface area contributed by atoms with E-state index in [1.165, 1.54) is 25.9 Å². The van der Waals surface area contributed by atoms with Crippen LogP contribution in [0.25, 0.3) is 44.3 Å². The Morgan fingerprint density at radius 1 is 0.803 bits per heavy atom. The number of aliphatic imine (C=N–C) groups is 1. The van der Waals surface area contributed by atoms with E-state index in [4.69, 9.17) is 28.2 Å². The van der Waals surface area contributed by atoms with Crippen LogP contribution in [-0.4, -0.2) is 96.5 Å². The summed E-state index contributed by atoms with van der Waals surface area (Å²) in [6.45, 7) is 11.9. The molecule has 0 unspecified atom stereocenters. The molecule has 2 aromatic heterocycles. The first-order valence-corrected chi connectivity index (χ1v) is 22.0. The van der Waals surface area contributed by atoms with Crippen molar-refractivity contribution >= 4 is 69.1 Å². The lowest BCUT2D eigenvalue weighted by Gasteiger charge is -2.33. The van der Waals surface area contributed by atoms with Crippen LogP contribution in [0.15, 0.2) is 53.5 Å². The number of likely N-dealkylation sites (tertiary alicyclic amines) is 2. The van der Waals surface area contributed by atoms with Gasteiger partial charge in [-0.05, 0) is 92.3 Å². The number of fused-ring (bicyclic) bond motifs is 3. The van der Waals surface area contributed by atoms with Crippen LogP contribution in [0.1, 0.15) is 91.1 Å². The molecule has 0 spiro atoms. The Labute approximate surface area is 359 Å². The molecule has 0 radical (unpaired) electrons. The number of ether oxygens (including phenoxy) is 2. The second-order valence-electron chi connectivity index (χ2n) is 17.5. The molecule has 3 aliphatic rings. The summed E-state index contributed by atoms with van der Waals surface area (Å²) < 4.78 is 19.3. The van der Waals surface area contributed by atoms with Crippen LogP contribution >= 0.6 is 11.7 Å². The smallest absolute Gasteiger partial charge is 0.407 e. The minimum Gasteiger partial charge on any atom is -0.469 e. The number of methoxy groups -OCH3 is 2. The molecule has 8 rings (SSSR count). The molecular formula is C46H54N8O6S. The van der Waals surface area contributed by atoms with E-state index in [0.29, 0.717) is 12.2 Å². The molecule has 2 N–H and O–H groups in total. The number of aromatic amines is 1. The number of benzene rings is 3. The van der Waals surface area contributed by atoms with Crippen molar-refractivity contribution < 1.29 is 28.7 Å². The fourth-order valence-corrected chi connectivity index (χ4v) is 10.1. The minimum absolute atomic E-state index is 0.00593. The van der Waals surface area contributed by atoms with Gasteiger partial charge in [-0.1, -0.05) is 52.0 Å². The van der Waals surface area contributed by atoms with Crippen molar-refractivity contribution in [2.45, 2.75) is 110 Å². The van der Waals surface area contributed by atoms with E-state index in [1.54, 1.807) is 0 Å². The molecule has 61 heavy (non-hydrogen) atoms. The first-order valence-electron chi connectivity index (χ1n) is 21.3. The molecule has 2 saturated heterocycles. The molecule has 0 aliphatic carbocycles. The number of carbonyl (C=O) groups is 4. The van der Waals surface area contributed by atoms with Gasteiger partial charge in [-0.15, -0.1) is 0 Å². The van der Waals surface area contributed by atoms with E-state index < -0.39 is 18.1 Å². The Morgan fingerprint density at radius 3 is 2.08 bits per heavy atom. The second-order valence-corrected chi connectivity index (χ2v) is 18.0. The van der Waals surface area contributed by atoms with Crippen molar-refractivity contribution in [1.29, 1.82) is 0 Å². The lowest BCUT2D eigenvalue weighted by atomic mass is 9.90. The maximum absolute atomic E-state index is 14.0. The van der Waals surface area contributed by atoms with Gasteiger partial charge in [-0.3, -0.25) is 19.4 Å². The van der Waals surface area contributed by atoms with Gasteiger partial charge < -0.3 is 29.6 Å². The van der Waals surface area contributed by atoms with Crippen LogP contribution in [0.4, 0.5) is 10.5 Å². The highest BCUT2D eigenvalue weighted by atomic mass is 32.1. The number of hydrogen-bond donors (Lipinski definition) is 2. The lowest BCUT2D eigenvalue weighted by Crippen LogP contribution is -2.52. The van der Waals surface area contributed by atoms with Gasteiger partial charge in [0.05, 0.1) is 67.1 Å². The number of hydrogen-bond acceptors (Lipinski definition) is 11. The zero-order chi connectivity index (χ0) is 43.3. The van der Waals surface area contributed by atoms with Gasteiger partial charge >= 0.3 is 12.1 Å². The first-order chi connectivity index (χ1) is 29.3. The Kier molecular flexibility index (Phi) is 11.7. The molecule has 320 valence electrons. The molecule has 5 heterocycles. The molecule has 3 aliphatic heterocycles. The summed E-state index contributed by atoms with van der Waals surface area (Å²) in [7, 11) is 2.66. The van der Waals surface area contributed by atoms with Crippen molar-refractivity contribution in [2.24, 2.45) is 22.7 Å². The average Bonchev–Trinajstić information content (AvgIpc) is 4.10. The predicted octanol–water partition coefficient (Wildman–Crippen LogP) is 8.18. The molecule has 3 aromatic carbocycles. The van der Waals surface area contributed by atoms with Crippen LogP contribution in [-0.2, 0) is 30.3 Å². The number of nitrogens with one attached hydrogen (secondary N) is 2. The van der Waals surface area contributed by atoms with E-state index in [0.717, 1.165) is 87.0 Å². The highest BCUT2D eigenvalue weighted by Gasteiger charge is 2.43. The third-order valence-electron chi connectivity index (χ3n) is 12.9. The van der Waals surface area contributed by atoms with E-state index in [-0.39, 0.29) is 60.2 Å². The van der Waals surface area contributed by atoms with Crippen molar-refractivity contribution in [2.75, 3.05) is 14.2 Å². The van der Waals surface area contributed by atoms with Crippen LogP contribution in [0.5, 0.6) is 0 Å². The molecule has 6 atom stereocenters. The molecule has 5 aromatic rings. The van der Waals surface area contributed by atoms with E-state index in [2.05, 4.69) is 53.6 Å². The van der Waals surface area contributed by atoms with Gasteiger partial charge in [0.2, 0.25) is 11.8 Å². The number of esters is 1. The average molecular weight is 847 g/mol. The molecular weight excluding hydrogens is 793 g/mol. The quantitative estimate of drug-likeness (QED) is 0.124. The summed E-state index contributed by atoms with van der Waals surface area (Å²) in [5.74, 6) is -0.404. The lowest BCUT2D eigenvalue weighted by molar-refractivity contribution is -0.148. The normalized spacial score (nSPS) is 21.0. The Bertz CT molecular complexity index is 2550. The summed E-state index contributed by atoms with van der Waals surface area (Å²) >= 11 is 1.18. The molecule has 3 amide bonds. The number of alkyl carbamates (subject to hydrolysis) is 1. The predicted molar refractivity (Wildman–Crippen MR) is 235 cm³/mol. The minimum atomic E-state index is -0.723. The topological polar surface area (TPSA) is 172 Å². The largest absolute Gasteiger partial charge is 0.469 e. The summed E-state index contributed by atoms with van der Waals surface area (Å²) in [6.07, 6.45) is 3.36. The molecule has 14 nitrogen and oxygen atoms in total. The third kappa shape index (κ3) is 7.88. The molecule has 0 bridgehead atoms. The van der Waals surface area contributed by atoms with Crippen molar-refractivity contribution in [3.8, 4) is 22.3 Å². The number of H-pyrrole nitrogens is 1. The Hall–Kier alpha value is -5.70. The van der Waals surface area contributed by atoms with Gasteiger partial charge in [-0.25, -0.2) is 9.78 Å². The van der Waals surface area contributed by atoms with Crippen molar-refractivity contribution in [3.05, 3.63) is 59.9 Å². The monoisotopic (exact) mass is 846 g/mol. The SMILES string of the molecule is COC(=O)C[C@H](C(=O)N1[C@@H](C)CC[C@H]1C1=Nc2ccc(-c3ccc(-c4ccc5nc([C@@H]6CC[C@H](C)N6C(=O)[C@@H](NC(=O)OC)C(C)C)[nH]c5c4)c4nsnc34)cc2C1)C(C)C. The maximum atomic E-state index is 14.0. The van der Waals surface area contributed by atoms with Crippen LogP contribution < -0.4 is 5.32 Å². The van der Waals surface area contributed by atoms with Gasteiger partial charge in [0.15, 0.2) is 0 Å². The van der Waals surface area contributed by atoms with Crippen molar-refractivity contribution in [1.82, 2.24) is 33.8 Å². The summed E-state index contributed by atoms with van der Waals surface area (Å²) in [5, 5.41) is 2.73. The van der Waals surface area contributed by atoms with Gasteiger partial charge in [-0.2, -0.15) is 8.75 Å². The fourth-order valence-electron chi connectivity index (χ4n) is 9.50. The Balaban J connectivity index is 1.03. The highest BCUT2D eigenvalue weighted by Crippen LogP contribution is 2.41. The van der Waals surface area contributed by atoms with Crippen LogP contribution in [0.2, 0.25) is 0 Å². The zero-order valence-electron chi connectivity index (χ0n) is 36.0. The number of rotatable bonds is 11. The van der Waals surface area contributed by atoms with Crippen LogP contribution in [0.3, 0.4) is 0 Å². The number of nitrogens with zero attached hydrogens (tertiary/aromatic N) is 6. The maximum Gasteiger partial charge on any atom is 0.407 e. The molecule has 0 saturated carbocycles. The standard InChI is InChI=1S/C46H54N8O6S/c1-23(2)32(22-39(55)59-7)44(56)53-25(5)9-17-37(53)36-21-29-19-27(11-15-33(29)47-36)30-13-14-31(42-41(30)51-61-52-42)28-12-16-34-35(20-28)49-43(48-34)38-18-10-26(6)54(38)45(57)40(24(3)4)50-46(58)60-8/h11-16,19-20,23-26,32,37-38,40H,9-10,17-18,21-22H2,1-8H3,(H,48,49)(H,50,58)/t25-,26-,32-,37-,38-,40-/m0/s1. The summed E-state index contributed by atoms with van der Waals surface area (Å²) in [4.78, 5) is 69.7. The van der Waals surface area contributed by atoms with E-state index in [9.17, 15) is 19.2 Å². The molecule has 2 fully saturated rings. The van der Waals surface area contributed by atoms with E-state index in [1.807, 2.05) is 56.6 Å². The fraction of sp³-hybridized carbons (Fsp3) is 0.478. The number of aromatic nitrogens is 4. The first kappa shape index (κ1) is 42.0. The van der Waals surface area contributed by atoms with Gasteiger partial charge in [0.25, 0.3) is 0 Å². The highest BCUT2D eigenvalue weighted by molar-refractivity contribution is 7.00. The van der Waals surface area contributed by atoms with Gasteiger partial charge in [0, 0.05) is 35.3 Å². The summed E-state index contributed by atoms with van der Waals surface area (Å²) in [6, 6.07) is 15.5. The number of amides is 3. The third-order valence-corrected chi connectivity index (χ3v) is 13.5. The van der Waals surface area contributed by atoms with Crippen molar-refractivity contribution in [3.63, 3.8) is 0 Å². The zero-order valence-corrected chi connectivity index (χ0v) is 36.8. The number of carbonyl (C=O) groups excluding carboxylic acids is 4. The Morgan fingerprint density at radius 2 is 1.44 bits per heavy atom.